The van der Waals surface area contributed by atoms with Crippen LogP contribution in [0, 0.1) is 5.82 Å². The van der Waals surface area contributed by atoms with Crippen LogP contribution in [0.3, 0.4) is 0 Å². The Morgan fingerprint density at radius 3 is 2.58 bits per heavy atom. The second-order valence-corrected chi connectivity index (χ2v) is 5.96. The number of likely N-dealkylation sites (N-methyl/N-ethyl adjacent to an activating group) is 1. The van der Waals surface area contributed by atoms with Gasteiger partial charge in [-0.1, -0.05) is 0 Å². The number of amides is 1. The van der Waals surface area contributed by atoms with E-state index in [4.69, 9.17) is 4.74 Å². The number of benzene rings is 1. The zero-order chi connectivity index (χ0) is 14.0. The predicted octanol–water partition coefficient (Wildman–Crippen LogP) is 0.555. The van der Waals surface area contributed by atoms with Gasteiger partial charge >= 0.3 is 6.09 Å². The van der Waals surface area contributed by atoms with Gasteiger partial charge in [0.1, 0.15) is 11.9 Å². The van der Waals surface area contributed by atoms with Gasteiger partial charge in [-0.25, -0.2) is 22.3 Å². The number of nitrogens with one attached hydrogen (secondary N) is 1. The van der Waals surface area contributed by atoms with Crippen LogP contribution in [0.25, 0.3) is 0 Å². The number of hydrogen-bond acceptors (Lipinski definition) is 4. The molecule has 6 nitrogen and oxygen atoms in total. The van der Waals surface area contributed by atoms with E-state index in [2.05, 4.69) is 4.72 Å². The molecule has 0 radical (unpaired) electrons. The van der Waals surface area contributed by atoms with Crippen molar-refractivity contribution in [1.29, 1.82) is 0 Å². The highest BCUT2D eigenvalue weighted by molar-refractivity contribution is 7.89. The van der Waals surface area contributed by atoms with Crippen molar-refractivity contribution in [2.45, 2.75) is 11.0 Å². The summed E-state index contributed by atoms with van der Waals surface area (Å²) in [6.45, 7) is 0.306. The molecule has 1 unspecified atom stereocenters. The SMILES string of the molecule is CN1CC(CNS(=O)(=O)c2ccc(F)cc2)OC1=O. The molecule has 104 valence electrons. The van der Waals surface area contributed by atoms with Crippen molar-refractivity contribution in [2.24, 2.45) is 0 Å². The Balaban J connectivity index is 1.99. The molecule has 1 N–H and O–H groups in total. The highest BCUT2D eigenvalue weighted by atomic mass is 32.2. The third-order valence-electron chi connectivity index (χ3n) is 2.68. The maximum atomic E-state index is 12.7. The molecule has 19 heavy (non-hydrogen) atoms. The number of carbonyl (C=O) groups excluding carboxylic acids is 1. The maximum absolute atomic E-state index is 12.7. The summed E-state index contributed by atoms with van der Waals surface area (Å²) < 4.78 is 43.7. The average molecular weight is 288 g/mol. The topological polar surface area (TPSA) is 75.7 Å². The largest absolute Gasteiger partial charge is 0.443 e. The molecule has 1 atom stereocenters. The van der Waals surface area contributed by atoms with E-state index in [0.717, 1.165) is 12.1 Å². The number of ether oxygens (including phenoxy) is 1. The molecule has 1 heterocycles. The summed E-state index contributed by atoms with van der Waals surface area (Å²) in [5, 5.41) is 0. The van der Waals surface area contributed by atoms with Crippen molar-refractivity contribution in [3.8, 4) is 0 Å². The van der Waals surface area contributed by atoms with Gasteiger partial charge in [0.15, 0.2) is 0 Å². The van der Waals surface area contributed by atoms with Crippen molar-refractivity contribution in [2.75, 3.05) is 20.1 Å². The van der Waals surface area contributed by atoms with Crippen LogP contribution >= 0.6 is 0 Å². The number of rotatable bonds is 4. The summed E-state index contributed by atoms with van der Waals surface area (Å²) in [5.74, 6) is -0.509. The lowest BCUT2D eigenvalue weighted by Crippen LogP contribution is -2.34. The zero-order valence-electron chi connectivity index (χ0n) is 10.2. The van der Waals surface area contributed by atoms with E-state index >= 15 is 0 Å². The van der Waals surface area contributed by atoms with Gasteiger partial charge in [0, 0.05) is 13.6 Å². The number of sulfonamides is 1. The normalized spacial score (nSPS) is 19.6. The Morgan fingerprint density at radius 2 is 2.05 bits per heavy atom. The van der Waals surface area contributed by atoms with E-state index in [9.17, 15) is 17.6 Å². The van der Waals surface area contributed by atoms with Crippen LogP contribution in [0.4, 0.5) is 9.18 Å². The van der Waals surface area contributed by atoms with Crippen molar-refractivity contribution in [3.63, 3.8) is 0 Å². The van der Waals surface area contributed by atoms with Crippen LogP contribution in [-0.4, -0.2) is 45.7 Å². The standard InChI is InChI=1S/C11H13FN2O4S/c1-14-7-9(18-11(14)15)6-13-19(16,17)10-4-2-8(12)3-5-10/h2-5,9,13H,6-7H2,1H3. The smallest absolute Gasteiger partial charge is 0.410 e. The minimum Gasteiger partial charge on any atom is -0.443 e. The molecule has 8 heteroatoms. The lowest BCUT2D eigenvalue weighted by Gasteiger charge is -2.10. The third-order valence-corrected chi connectivity index (χ3v) is 4.12. The van der Waals surface area contributed by atoms with Gasteiger partial charge in [-0.05, 0) is 24.3 Å². The second-order valence-electron chi connectivity index (χ2n) is 4.19. The van der Waals surface area contributed by atoms with E-state index in [0.29, 0.717) is 6.54 Å². The number of halogens is 1. The first kappa shape index (κ1) is 13.8. The second kappa shape index (κ2) is 5.14. The highest BCUT2D eigenvalue weighted by Gasteiger charge is 2.29. The predicted molar refractivity (Wildman–Crippen MR) is 64.5 cm³/mol. The monoisotopic (exact) mass is 288 g/mol. The van der Waals surface area contributed by atoms with Crippen LogP contribution in [-0.2, 0) is 14.8 Å². The van der Waals surface area contributed by atoms with E-state index < -0.39 is 28.0 Å². The molecule has 2 rings (SSSR count). The van der Waals surface area contributed by atoms with Gasteiger partial charge in [-0.3, -0.25) is 0 Å². The number of carbonyl (C=O) groups is 1. The Hall–Kier alpha value is -1.67. The van der Waals surface area contributed by atoms with Crippen LogP contribution in [0.5, 0.6) is 0 Å². The quantitative estimate of drug-likeness (QED) is 0.878. The average Bonchev–Trinajstić information content (AvgIpc) is 2.67. The summed E-state index contributed by atoms with van der Waals surface area (Å²) >= 11 is 0. The molecule has 0 bridgehead atoms. The fourth-order valence-corrected chi connectivity index (χ4v) is 2.72. The Morgan fingerprint density at radius 1 is 1.42 bits per heavy atom. The molecular formula is C11H13FN2O4S. The molecule has 0 saturated carbocycles. The molecular weight excluding hydrogens is 275 g/mol. The fraction of sp³-hybridized carbons (Fsp3) is 0.364. The van der Waals surface area contributed by atoms with Crippen molar-refractivity contribution in [3.05, 3.63) is 30.1 Å². The molecule has 1 saturated heterocycles. The first-order valence-electron chi connectivity index (χ1n) is 5.55. The molecule has 1 aliphatic heterocycles. The lowest BCUT2D eigenvalue weighted by atomic mass is 10.3. The summed E-state index contributed by atoms with van der Waals surface area (Å²) in [5.41, 5.74) is 0. The van der Waals surface area contributed by atoms with Gasteiger partial charge in [-0.2, -0.15) is 0 Å². The van der Waals surface area contributed by atoms with Gasteiger partial charge < -0.3 is 9.64 Å². The number of nitrogens with zero attached hydrogens (tertiary/aromatic N) is 1. The molecule has 0 aliphatic carbocycles. The van der Waals surface area contributed by atoms with Crippen LogP contribution in [0.1, 0.15) is 0 Å². The van der Waals surface area contributed by atoms with Crippen molar-refractivity contribution < 1.29 is 22.3 Å². The number of cyclic esters (lactones) is 1. The van der Waals surface area contributed by atoms with E-state index in [1.165, 1.54) is 17.0 Å². The molecule has 1 aromatic rings. The third kappa shape index (κ3) is 3.21. The first-order chi connectivity index (χ1) is 8.88. The van der Waals surface area contributed by atoms with E-state index in [1.54, 1.807) is 7.05 Å². The minimum absolute atomic E-state index is 0.0181. The minimum atomic E-state index is -3.73. The zero-order valence-corrected chi connectivity index (χ0v) is 11.0. The van der Waals surface area contributed by atoms with Gasteiger partial charge in [0.25, 0.3) is 0 Å². The first-order valence-corrected chi connectivity index (χ1v) is 7.04. The summed E-state index contributed by atoms with van der Waals surface area (Å²) in [4.78, 5) is 12.4. The molecule has 1 aliphatic rings. The van der Waals surface area contributed by atoms with Crippen LogP contribution < -0.4 is 4.72 Å². The summed E-state index contributed by atoms with van der Waals surface area (Å²) in [6.07, 6.45) is -1.00. The van der Waals surface area contributed by atoms with Crippen molar-refractivity contribution in [1.82, 2.24) is 9.62 Å². The Kier molecular flexibility index (Phi) is 3.72. The summed E-state index contributed by atoms with van der Waals surface area (Å²) in [6, 6.07) is 4.48. The number of hydrogen-bond donors (Lipinski definition) is 1. The Labute approximate surface area is 110 Å². The van der Waals surface area contributed by atoms with Gasteiger partial charge in [0.2, 0.25) is 10.0 Å². The summed E-state index contributed by atoms with van der Waals surface area (Å²) in [7, 11) is -2.16. The highest BCUT2D eigenvalue weighted by Crippen LogP contribution is 2.11. The molecule has 0 spiro atoms. The van der Waals surface area contributed by atoms with Crippen LogP contribution in [0.15, 0.2) is 29.2 Å². The molecule has 1 fully saturated rings. The molecule has 1 amide bonds. The van der Waals surface area contributed by atoms with E-state index in [-0.39, 0.29) is 11.4 Å². The molecule has 1 aromatic carbocycles. The van der Waals surface area contributed by atoms with E-state index in [1.807, 2.05) is 0 Å². The lowest BCUT2D eigenvalue weighted by molar-refractivity contribution is 0.135. The van der Waals surface area contributed by atoms with Crippen molar-refractivity contribution >= 4 is 16.1 Å². The van der Waals surface area contributed by atoms with Gasteiger partial charge in [-0.15, -0.1) is 0 Å². The maximum Gasteiger partial charge on any atom is 0.410 e. The molecule has 0 aromatic heterocycles. The Bertz CT molecular complexity index is 573. The fourth-order valence-electron chi connectivity index (χ4n) is 1.66. The van der Waals surface area contributed by atoms with Crippen LogP contribution in [0.2, 0.25) is 0 Å². The van der Waals surface area contributed by atoms with Gasteiger partial charge in [0.05, 0.1) is 11.4 Å².